The Balaban J connectivity index is 2.65. The van der Waals surface area contributed by atoms with E-state index in [1.165, 1.54) is 0 Å². The van der Waals surface area contributed by atoms with E-state index in [0.29, 0.717) is 23.6 Å². The van der Waals surface area contributed by atoms with Gasteiger partial charge in [0.05, 0.1) is 22.1 Å². The maximum atomic E-state index is 13.7. The van der Waals surface area contributed by atoms with Crippen molar-refractivity contribution in [2.75, 3.05) is 0 Å². The molecule has 0 fully saturated rings. The van der Waals surface area contributed by atoms with Crippen LogP contribution in [0.5, 0.6) is 0 Å². The van der Waals surface area contributed by atoms with Crippen LogP contribution in [0.15, 0.2) is 24.3 Å². The number of nitrogens with zero attached hydrogens (tertiary/aromatic N) is 1. The van der Waals surface area contributed by atoms with Gasteiger partial charge in [-0.1, -0.05) is 43.7 Å². The predicted molar refractivity (Wildman–Crippen MR) is 146 cm³/mol. The van der Waals surface area contributed by atoms with Crippen molar-refractivity contribution in [1.82, 2.24) is 4.98 Å². The van der Waals surface area contributed by atoms with Crippen molar-refractivity contribution in [3.8, 4) is 11.1 Å². The van der Waals surface area contributed by atoms with Crippen LogP contribution < -0.4 is 5.73 Å². The monoisotopic (exact) mass is 526 g/mol. The number of aryl methyl sites for hydroxylation is 2. The van der Waals surface area contributed by atoms with Crippen LogP contribution in [0.25, 0.3) is 11.1 Å². The van der Waals surface area contributed by atoms with Gasteiger partial charge in [0.25, 0.3) is 0 Å². The molecule has 2 N–H and O–H groups in total. The Morgan fingerprint density at radius 3 is 1.79 bits per heavy atom. The number of ether oxygens (including phenoxy) is 3. The van der Waals surface area contributed by atoms with Crippen molar-refractivity contribution in [3.05, 3.63) is 52.3 Å². The van der Waals surface area contributed by atoms with Crippen LogP contribution in [-0.2, 0) is 36.8 Å². The summed E-state index contributed by atoms with van der Waals surface area (Å²) >= 11 is 0. The highest BCUT2D eigenvalue weighted by Gasteiger charge is 2.35. The molecule has 0 aliphatic rings. The van der Waals surface area contributed by atoms with Crippen LogP contribution in [0.2, 0.25) is 0 Å². The highest BCUT2D eigenvalue weighted by Crippen LogP contribution is 2.33. The fraction of sp³-hybridized carbons (Fsp3) is 0.533. The topological polar surface area (TPSA) is 118 Å². The Kier molecular flexibility index (Phi) is 9.83. The zero-order valence-corrected chi connectivity index (χ0v) is 24.4. The number of esters is 3. The zero-order valence-electron chi connectivity index (χ0n) is 24.4. The van der Waals surface area contributed by atoms with Gasteiger partial charge >= 0.3 is 24.4 Å². The van der Waals surface area contributed by atoms with Gasteiger partial charge < -0.3 is 19.9 Å². The molecule has 8 nitrogen and oxygen atoms in total. The smallest absolute Gasteiger partial charge is 0.390 e. The van der Waals surface area contributed by atoms with E-state index in [2.05, 4.69) is 13.8 Å². The number of hydrogen-bond donors (Lipinski definition) is 1. The van der Waals surface area contributed by atoms with Crippen LogP contribution in [0, 0.1) is 30.6 Å². The average molecular weight is 527 g/mol. The Labute approximate surface area is 226 Å². The van der Waals surface area contributed by atoms with Crippen LogP contribution in [0.1, 0.15) is 88.3 Å². The molecule has 1 heterocycles. The third-order valence-electron chi connectivity index (χ3n) is 5.75. The maximum absolute atomic E-state index is 13.7. The molecular formula is C30H42N2O6. The van der Waals surface area contributed by atoms with Gasteiger partial charge in [-0.15, -0.1) is 0 Å². The van der Waals surface area contributed by atoms with E-state index in [4.69, 9.17) is 24.9 Å². The number of carbonyl (C=O) groups is 3. The van der Waals surface area contributed by atoms with E-state index in [1.54, 1.807) is 48.5 Å². The third-order valence-corrected chi connectivity index (χ3v) is 5.75. The molecule has 0 aliphatic heterocycles. The van der Waals surface area contributed by atoms with Gasteiger partial charge in [-0.05, 0) is 78.9 Å². The minimum absolute atomic E-state index is 0.153. The summed E-state index contributed by atoms with van der Waals surface area (Å²) in [5.74, 6) is -1.92. The summed E-state index contributed by atoms with van der Waals surface area (Å²) < 4.78 is 16.2. The summed E-state index contributed by atoms with van der Waals surface area (Å²) in [5, 5.41) is 0. The summed E-state index contributed by atoms with van der Waals surface area (Å²) in [6.07, 6.45) is 0.677. The standard InChI is InChI=1S/C30H42N2O6/c1-17(2)15-22-21(16-31)24(20-13-11-18(3)12-14-20)23(19(4)32-22)25(33)36-28(37-26(34)29(5,6)7)38-27(35)30(8,9)10/h11-14,17,28H,15-16,31H2,1-10H3. The second-order valence-corrected chi connectivity index (χ2v) is 12.0. The molecule has 0 radical (unpaired) electrons. The number of rotatable bonds is 8. The van der Waals surface area contributed by atoms with Gasteiger partial charge in [0, 0.05) is 17.8 Å². The molecule has 0 aliphatic carbocycles. The molecule has 0 bridgehead atoms. The number of aromatic nitrogens is 1. The van der Waals surface area contributed by atoms with E-state index < -0.39 is 35.2 Å². The van der Waals surface area contributed by atoms with Crippen molar-refractivity contribution in [2.45, 2.75) is 88.7 Å². The first-order valence-electron chi connectivity index (χ1n) is 12.9. The Morgan fingerprint density at radius 1 is 0.868 bits per heavy atom. The number of hydrogen-bond acceptors (Lipinski definition) is 8. The molecule has 0 amide bonds. The number of nitrogens with two attached hydrogens (primary N) is 1. The van der Waals surface area contributed by atoms with Crippen molar-refractivity contribution in [1.29, 1.82) is 0 Å². The van der Waals surface area contributed by atoms with Crippen LogP contribution >= 0.6 is 0 Å². The molecule has 0 unspecified atom stereocenters. The second-order valence-electron chi connectivity index (χ2n) is 12.0. The fourth-order valence-electron chi connectivity index (χ4n) is 3.61. The maximum Gasteiger partial charge on any atom is 0.413 e. The molecule has 0 saturated heterocycles. The SMILES string of the molecule is Cc1ccc(-c2c(CN)c(CC(C)C)nc(C)c2C(=O)OC(OC(=O)C(C)(C)C)OC(=O)C(C)(C)C)cc1. The summed E-state index contributed by atoms with van der Waals surface area (Å²) in [6, 6.07) is 7.72. The predicted octanol–water partition coefficient (Wildman–Crippen LogP) is 5.64. The summed E-state index contributed by atoms with van der Waals surface area (Å²) in [6.45, 7) is 16.0. The first-order chi connectivity index (χ1) is 17.4. The molecular weight excluding hydrogens is 484 g/mol. The second kappa shape index (κ2) is 12.1. The van der Waals surface area contributed by atoms with Gasteiger partial charge in [0.2, 0.25) is 0 Å². The lowest BCUT2D eigenvalue weighted by Crippen LogP contribution is -2.37. The first kappa shape index (κ1) is 31.0. The van der Waals surface area contributed by atoms with Gasteiger partial charge in [0.15, 0.2) is 0 Å². The Bertz CT molecular complexity index is 1140. The summed E-state index contributed by atoms with van der Waals surface area (Å²) in [7, 11) is 0. The van der Waals surface area contributed by atoms with Crippen molar-refractivity contribution >= 4 is 17.9 Å². The molecule has 2 aromatic rings. The number of benzene rings is 1. The Hall–Kier alpha value is -3.26. The lowest BCUT2D eigenvalue weighted by molar-refractivity contribution is -0.254. The van der Waals surface area contributed by atoms with Gasteiger partial charge in [-0.3, -0.25) is 14.6 Å². The molecule has 38 heavy (non-hydrogen) atoms. The van der Waals surface area contributed by atoms with Crippen LogP contribution in [-0.4, -0.2) is 29.4 Å². The quantitative estimate of drug-likeness (QED) is 0.347. The highest BCUT2D eigenvalue weighted by atomic mass is 16.9. The van der Waals surface area contributed by atoms with Crippen molar-refractivity contribution < 1.29 is 28.6 Å². The van der Waals surface area contributed by atoms with E-state index in [-0.39, 0.29) is 12.1 Å². The van der Waals surface area contributed by atoms with Gasteiger partial charge in [-0.25, -0.2) is 4.79 Å². The third kappa shape index (κ3) is 7.87. The lowest BCUT2D eigenvalue weighted by Gasteiger charge is -2.26. The molecule has 2 rings (SSSR count). The molecule has 208 valence electrons. The summed E-state index contributed by atoms with van der Waals surface area (Å²) in [5.41, 5.74) is 8.94. The Morgan fingerprint density at radius 2 is 1.37 bits per heavy atom. The molecule has 0 atom stereocenters. The van der Waals surface area contributed by atoms with Crippen molar-refractivity contribution in [2.24, 2.45) is 22.5 Å². The first-order valence-corrected chi connectivity index (χ1v) is 12.9. The minimum atomic E-state index is -1.87. The molecule has 0 saturated carbocycles. The van der Waals surface area contributed by atoms with Crippen LogP contribution in [0.4, 0.5) is 0 Å². The lowest BCUT2D eigenvalue weighted by atomic mass is 9.90. The largest absolute Gasteiger partial charge is 0.413 e. The molecule has 8 heteroatoms. The highest BCUT2D eigenvalue weighted by molar-refractivity contribution is 5.99. The zero-order chi connectivity index (χ0) is 29.0. The molecule has 1 aromatic carbocycles. The normalized spacial score (nSPS) is 12.0. The minimum Gasteiger partial charge on any atom is -0.390 e. The van der Waals surface area contributed by atoms with Gasteiger partial charge in [-0.2, -0.15) is 0 Å². The fourth-order valence-corrected chi connectivity index (χ4v) is 3.61. The van der Waals surface area contributed by atoms with Gasteiger partial charge in [0.1, 0.15) is 0 Å². The molecule has 0 spiro atoms. The van der Waals surface area contributed by atoms with Crippen LogP contribution in [0.3, 0.4) is 0 Å². The average Bonchev–Trinajstić information content (AvgIpc) is 2.77. The van der Waals surface area contributed by atoms with E-state index in [9.17, 15) is 14.4 Å². The van der Waals surface area contributed by atoms with E-state index in [0.717, 1.165) is 22.4 Å². The summed E-state index contributed by atoms with van der Waals surface area (Å²) in [4.78, 5) is 43.7. The van der Waals surface area contributed by atoms with E-state index in [1.807, 2.05) is 31.2 Å². The van der Waals surface area contributed by atoms with Crippen molar-refractivity contribution in [3.63, 3.8) is 0 Å². The molecule has 1 aromatic heterocycles. The van der Waals surface area contributed by atoms with E-state index >= 15 is 0 Å². The number of pyridine rings is 1. The number of carbonyl (C=O) groups excluding carboxylic acids is 3.